The average Bonchev–Trinajstić information content (AvgIpc) is 2.62. The van der Waals surface area contributed by atoms with Crippen molar-refractivity contribution in [3.05, 3.63) is 60.2 Å². The Morgan fingerprint density at radius 3 is 1.92 bits per heavy atom. The summed E-state index contributed by atoms with van der Waals surface area (Å²) < 4.78 is 0. The van der Waals surface area contributed by atoms with E-state index in [-0.39, 0.29) is 0 Å². The molecule has 1 atom stereocenters. The maximum Gasteiger partial charge on any atom is 0.0432 e. The van der Waals surface area contributed by atoms with Crippen molar-refractivity contribution in [2.45, 2.75) is 53.1 Å². The van der Waals surface area contributed by atoms with E-state index in [1.54, 1.807) is 0 Å². The molecule has 0 aliphatic rings. The molecule has 0 N–H and O–H groups in total. The van der Waals surface area contributed by atoms with Crippen molar-refractivity contribution in [3.8, 4) is 0 Å². The summed E-state index contributed by atoms with van der Waals surface area (Å²) in [6.45, 7) is 12.1. The van der Waals surface area contributed by atoms with Crippen LogP contribution >= 0.6 is 0 Å². The lowest BCUT2D eigenvalue weighted by atomic mass is 10.1. The summed E-state index contributed by atoms with van der Waals surface area (Å²) in [5.74, 6) is 0. The summed E-state index contributed by atoms with van der Waals surface area (Å²) >= 11 is 0. The highest BCUT2D eigenvalue weighted by Gasteiger charge is 2.15. The first-order valence-corrected chi connectivity index (χ1v) is 9.35. The second-order valence-electron chi connectivity index (χ2n) is 6.44. The number of benzene rings is 2. The van der Waals surface area contributed by atoms with E-state index in [0.717, 1.165) is 19.6 Å². The van der Waals surface area contributed by atoms with E-state index in [0.29, 0.717) is 6.04 Å². The fraction of sp³-hybridized carbons (Fsp3) is 0.455. The molecule has 0 aromatic heterocycles. The van der Waals surface area contributed by atoms with E-state index < -0.39 is 0 Å². The summed E-state index contributed by atoms with van der Waals surface area (Å²) in [5.41, 5.74) is 4.00. The number of anilines is 2. The van der Waals surface area contributed by atoms with Gasteiger partial charge in [-0.15, -0.1) is 0 Å². The SMILES string of the molecule is CCCC(C)N(Cc1ccccc1)c1ccc(N(CC)CC)cc1. The minimum Gasteiger partial charge on any atom is -0.372 e. The van der Waals surface area contributed by atoms with Gasteiger partial charge in [-0.25, -0.2) is 0 Å². The third kappa shape index (κ3) is 4.77. The second-order valence-corrected chi connectivity index (χ2v) is 6.44. The van der Waals surface area contributed by atoms with Gasteiger partial charge < -0.3 is 9.80 Å². The number of hydrogen-bond donors (Lipinski definition) is 0. The molecular formula is C22H32N2. The topological polar surface area (TPSA) is 6.48 Å². The van der Waals surface area contributed by atoms with E-state index in [9.17, 15) is 0 Å². The van der Waals surface area contributed by atoms with Crippen LogP contribution in [0.5, 0.6) is 0 Å². The molecule has 24 heavy (non-hydrogen) atoms. The van der Waals surface area contributed by atoms with E-state index >= 15 is 0 Å². The third-order valence-electron chi connectivity index (χ3n) is 4.74. The monoisotopic (exact) mass is 324 g/mol. The molecule has 130 valence electrons. The lowest BCUT2D eigenvalue weighted by Crippen LogP contribution is -2.32. The first-order chi connectivity index (χ1) is 11.7. The van der Waals surface area contributed by atoms with E-state index in [4.69, 9.17) is 0 Å². The predicted molar refractivity (Wildman–Crippen MR) is 107 cm³/mol. The normalized spacial score (nSPS) is 12.0. The molecule has 0 bridgehead atoms. The van der Waals surface area contributed by atoms with Crippen molar-refractivity contribution in [1.29, 1.82) is 0 Å². The molecule has 2 nitrogen and oxygen atoms in total. The van der Waals surface area contributed by atoms with Gasteiger partial charge in [0.25, 0.3) is 0 Å². The first kappa shape index (κ1) is 18.4. The Labute approximate surface area is 148 Å². The molecule has 0 radical (unpaired) electrons. The first-order valence-electron chi connectivity index (χ1n) is 9.35. The van der Waals surface area contributed by atoms with Crippen molar-refractivity contribution < 1.29 is 0 Å². The quantitative estimate of drug-likeness (QED) is 0.581. The van der Waals surface area contributed by atoms with Gasteiger partial charge in [-0.3, -0.25) is 0 Å². The van der Waals surface area contributed by atoms with Crippen LogP contribution in [0.3, 0.4) is 0 Å². The van der Waals surface area contributed by atoms with Gasteiger partial charge in [0.1, 0.15) is 0 Å². The Morgan fingerprint density at radius 1 is 0.792 bits per heavy atom. The van der Waals surface area contributed by atoms with Crippen LogP contribution in [0.4, 0.5) is 11.4 Å². The molecule has 0 fully saturated rings. The highest BCUT2D eigenvalue weighted by molar-refractivity contribution is 5.57. The van der Waals surface area contributed by atoms with Crippen LogP contribution in [0.25, 0.3) is 0 Å². The largest absolute Gasteiger partial charge is 0.372 e. The Morgan fingerprint density at radius 2 is 1.38 bits per heavy atom. The Hall–Kier alpha value is -1.96. The molecular weight excluding hydrogens is 292 g/mol. The maximum atomic E-state index is 2.53. The Bertz CT molecular complexity index is 573. The smallest absolute Gasteiger partial charge is 0.0432 e. The van der Waals surface area contributed by atoms with Gasteiger partial charge in [0.2, 0.25) is 0 Å². The van der Waals surface area contributed by atoms with Crippen LogP contribution in [0.15, 0.2) is 54.6 Å². The number of nitrogens with zero attached hydrogens (tertiary/aromatic N) is 2. The van der Waals surface area contributed by atoms with Crippen molar-refractivity contribution in [1.82, 2.24) is 0 Å². The Kier molecular flexibility index (Phi) is 7.17. The molecule has 0 saturated carbocycles. The van der Waals surface area contributed by atoms with Crippen molar-refractivity contribution >= 4 is 11.4 Å². The highest BCUT2D eigenvalue weighted by Crippen LogP contribution is 2.25. The van der Waals surface area contributed by atoms with Gasteiger partial charge in [0.15, 0.2) is 0 Å². The molecule has 2 heteroatoms. The van der Waals surface area contributed by atoms with Crippen LogP contribution in [0.2, 0.25) is 0 Å². The summed E-state index contributed by atoms with van der Waals surface area (Å²) in [6.07, 6.45) is 2.43. The lowest BCUT2D eigenvalue weighted by molar-refractivity contribution is 0.578. The predicted octanol–water partition coefficient (Wildman–Crippen LogP) is 5.73. The summed E-state index contributed by atoms with van der Waals surface area (Å²) in [6, 6.07) is 20.4. The molecule has 0 heterocycles. The van der Waals surface area contributed by atoms with Crippen molar-refractivity contribution in [2.75, 3.05) is 22.9 Å². The highest BCUT2D eigenvalue weighted by atomic mass is 15.2. The van der Waals surface area contributed by atoms with Crippen LogP contribution in [0, 0.1) is 0 Å². The molecule has 0 aliphatic heterocycles. The van der Waals surface area contributed by atoms with Crippen molar-refractivity contribution in [3.63, 3.8) is 0 Å². The van der Waals surface area contributed by atoms with Gasteiger partial charge in [0.05, 0.1) is 0 Å². The van der Waals surface area contributed by atoms with Gasteiger partial charge in [0, 0.05) is 37.1 Å². The summed E-state index contributed by atoms with van der Waals surface area (Å²) in [5, 5.41) is 0. The minimum absolute atomic E-state index is 0.537. The van der Waals surface area contributed by atoms with Crippen LogP contribution in [0.1, 0.15) is 46.1 Å². The van der Waals surface area contributed by atoms with Gasteiger partial charge in [-0.1, -0.05) is 43.7 Å². The number of hydrogen-bond acceptors (Lipinski definition) is 2. The molecule has 0 spiro atoms. The molecule has 1 unspecified atom stereocenters. The van der Waals surface area contributed by atoms with Gasteiger partial charge in [-0.2, -0.15) is 0 Å². The molecule has 0 amide bonds. The van der Waals surface area contributed by atoms with E-state index in [1.807, 2.05) is 0 Å². The summed E-state index contributed by atoms with van der Waals surface area (Å²) in [7, 11) is 0. The van der Waals surface area contributed by atoms with Crippen LogP contribution in [-0.2, 0) is 6.54 Å². The zero-order valence-electron chi connectivity index (χ0n) is 15.7. The van der Waals surface area contributed by atoms with E-state index in [2.05, 4.69) is 92.1 Å². The zero-order valence-corrected chi connectivity index (χ0v) is 15.7. The van der Waals surface area contributed by atoms with Gasteiger partial charge in [-0.05, 0) is 57.0 Å². The fourth-order valence-corrected chi connectivity index (χ4v) is 3.30. The number of rotatable bonds is 9. The lowest BCUT2D eigenvalue weighted by Gasteiger charge is -2.32. The molecule has 2 aromatic carbocycles. The summed E-state index contributed by atoms with van der Waals surface area (Å²) in [4.78, 5) is 4.92. The fourth-order valence-electron chi connectivity index (χ4n) is 3.30. The molecule has 2 aromatic rings. The molecule has 0 aliphatic carbocycles. The minimum atomic E-state index is 0.537. The maximum absolute atomic E-state index is 2.53. The second kappa shape index (κ2) is 9.36. The molecule has 2 rings (SSSR count). The van der Waals surface area contributed by atoms with Crippen LogP contribution in [-0.4, -0.2) is 19.1 Å². The van der Waals surface area contributed by atoms with E-state index in [1.165, 1.54) is 29.8 Å². The Balaban J connectivity index is 2.22. The van der Waals surface area contributed by atoms with Crippen molar-refractivity contribution in [2.24, 2.45) is 0 Å². The van der Waals surface area contributed by atoms with Crippen LogP contribution < -0.4 is 9.80 Å². The standard InChI is InChI=1S/C22H32N2/c1-5-11-19(4)24(18-20-12-9-8-10-13-20)22-16-14-21(15-17-22)23(6-2)7-3/h8-10,12-17,19H,5-7,11,18H2,1-4H3. The van der Waals surface area contributed by atoms with Gasteiger partial charge >= 0.3 is 0 Å². The molecule has 0 saturated heterocycles. The zero-order chi connectivity index (χ0) is 17.4. The third-order valence-corrected chi connectivity index (χ3v) is 4.74. The average molecular weight is 325 g/mol.